The summed E-state index contributed by atoms with van der Waals surface area (Å²) in [6, 6.07) is 2.74. The van der Waals surface area contributed by atoms with Crippen LogP contribution in [0.1, 0.15) is 55.3 Å². The van der Waals surface area contributed by atoms with Crippen LogP contribution in [-0.2, 0) is 9.59 Å². The van der Waals surface area contributed by atoms with Gasteiger partial charge in [0.15, 0.2) is 0 Å². The average Bonchev–Trinajstić information content (AvgIpc) is 2.94. The van der Waals surface area contributed by atoms with Gasteiger partial charge in [0.1, 0.15) is 11.6 Å². The molecule has 1 aliphatic heterocycles. The molecular formula is C20H27F2N3O3. The van der Waals surface area contributed by atoms with Crippen LogP contribution in [0.5, 0.6) is 0 Å². The zero-order valence-electron chi connectivity index (χ0n) is 15.9. The first-order valence-electron chi connectivity index (χ1n) is 9.75. The lowest BCUT2D eigenvalue weighted by atomic mass is 10.2. The summed E-state index contributed by atoms with van der Waals surface area (Å²) in [5, 5.41) is 5.20. The zero-order valence-corrected chi connectivity index (χ0v) is 15.9. The molecule has 1 aromatic carbocycles. The fourth-order valence-corrected chi connectivity index (χ4v) is 3.10. The monoisotopic (exact) mass is 395 g/mol. The van der Waals surface area contributed by atoms with E-state index in [1.165, 1.54) is 0 Å². The number of carbonyl (C=O) groups is 3. The van der Waals surface area contributed by atoms with E-state index in [9.17, 15) is 23.2 Å². The summed E-state index contributed by atoms with van der Waals surface area (Å²) < 4.78 is 26.3. The molecule has 2 rings (SSSR count). The van der Waals surface area contributed by atoms with Crippen LogP contribution in [0.4, 0.5) is 8.78 Å². The van der Waals surface area contributed by atoms with Crippen LogP contribution in [0, 0.1) is 11.6 Å². The third kappa shape index (κ3) is 7.25. The highest BCUT2D eigenvalue weighted by Gasteiger charge is 2.15. The topological polar surface area (TPSA) is 78.5 Å². The van der Waals surface area contributed by atoms with Crippen LogP contribution in [0.25, 0.3) is 0 Å². The Hall–Kier alpha value is -2.51. The molecule has 3 amide bonds. The van der Waals surface area contributed by atoms with E-state index < -0.39 is 17.5 Å². The molecule has 0 aliphatic carbocycles. The summed E-state index contributed by atoms with van der Waals surface area (Å²) in [5.41, 5.74) is -0.238. The van der Waals surface area contributed by atoms with E-state index >= 15 is 0 Å². The maximum Gasteiger partial charge on any atom is 0.254 e. The Morgan fingerprint density at radius 1 is 0.929 bits per heavy atom. The average molecular weight is 395 g/mol. The van der Waals surface area contributed by atoms with Gasteiger partial charge in [0.05, 0.1) is 5.56 Å². The minimum atomic E-state index is -0.927. The molecule has 0 unspecified atom stereocenters. The van der Waals surface area contributed by atoms with Crippen LogP contribution in [0.15, 0.2) is 18.2 Å². The highest BCUT2D eigenvalue weighted by molar-refractivity contribution is 5.94. The molecule has 0 aromatic heterocycles. The first kappa shape index (κ1) is 21.8. The molecule has 0 spiro atoms. The minimum Gasteiger partial charge on any atom is -0.356 e. The Labute approximate surface area is 163 Å². The quantitative estimate of drug-likeness (QED) is 0.664. The summed E-state index contributed by atoms with van der Waals surface area (Å²) in [5.74, 6) is -2.47. The number of hydrogen-bond donors (Lipinski definition) is 2. The normalized spacial score (nSPS) is 14.3. The van der Waals surface area contributed by atoms with Gasteiger partial charge < -0.3 is 15.5 Å². The largest absolute Gasteiger partial charge is 0.356 e. The Bertz CT molecular complexity index is 689. The summed E-state index contributed by atoms with van der Waals surface area (Å²) >= 11 is 0. The van der Waals surface area contributed by atoms with Crippen LogP contribution in [0.2, 0.25) is 0 Å². The molecule has 0 saturated carbocycles. The van der Waals surface area contributed by atoms with E-state index in [-0.39, 0.29) is 36.8 Å². The van der Waals surface area contributed by atoms with Crippen molar-refractivity contribution < 1.29 is 23.2 Å². The van der Waals surface area contributed by atoms with Crippen molar-refractivity contribution in [1.29, 1.82) is 0 Å². The van der Waals surface area contributed by atoms with E-state index in [2.05, 4.69) is 10.6 Å². The predicted octanol–water partition coefficient (Wildman–Crippen LogP) is 2.38. The van der Waals surface area contributed by atoms with E-state index in [0.29, 0.717) is 19.0 Å². The van der Waals surface area contributed by atoms with Crippen LogP contribution < -0.4 is 10.6 Å². The number of halogens is 2. The van der Waals surface area contributed by atoms with Crippen molar-refractivity contribution in [2.24, 2.45) is 0 Å². The molecule has 0 atom stereocenters. The van der Waals surface area contributed by atoms with Crippen molar-refractivity contribution in [2.45, 2.75) is 44.9 Å². The van der Waals surface area contributed by atoms with Crippen LogP contribution in [-0.4, -0.2) is 48.8 Å². The van der Waals surface area contributed by atoms with Crippen molar-refractivity contribution in [2.75, 3.05) is 26.2 Å². The fourth-order valence-electron chi connectivity index (χ4n) is 3.10. The van der Waals surface area contributed by atoms with Crippen molar-refractivity contribution in [1.82, 2.24) is 15.5 Å². The standard InChI is InChI=1S/C20H27F2N3O3/c21-15-7-8-16(17(22)14-15)20(28)24-10-5-6-18(26)23-11-9-19(27)25-12-3-1-2-4-13-25/h7-8,14H,1-6,9-13H2,(H,23,26)(H,24,28). The first-order valence-corrected chi connectivity index (χ1v) is 9.75. The van der Waals surface area contributed by atoms with E-state index in [0.717, 1.165) is 50.9 Å². The van der Waals surface area contributed by atoms with Gasteiger partial charge in [-0.15, -0.1) is 0 Å². The summed E-state index contributed by atoms with van der Waals surface area (Å²) in [6.45, 7) is 2.07. The maximum absolute atomic E-state index is 13.5. The van der Waals surface area contributed by atoms with E-state index in [1.807, 2.05) is 4.90 Å². The Morgan fingerprint density at radius 2 is 1.64 bits per heavy atom. The third-order valence-electron chi connectivity index (χ3n) is 4.66. The predicted molar refractivity (Wildman–Crippen MR) is 101 cm³/mol. The molecule has 1 aromatic rings. The van der Waals surface area contributed by atoms with Gasteiger partial charge in [-0.3, -0.25) is 14.4 Å². The van der Waals surface area contributed by atoms with Gasteiger partial charge in [-0.1, -0.05) is 12.8 Å². The zero-order chi connectivity index (χ0) is 20.4. The molecule has 6 nitrogen and oxygen atoms in total. The Balaban J connectivity index is 1.58. The fraction of sp³-hybridized carbons (Fsp3) is 0.550. The SMILES string of the molecule is O=C(CCCNC(=O)c1ccc(F)cc1F)NCCC(=O)N1CCCCCC1. The highest BCUT2D eigenvalue weighted by Crippen LogP contribution is 2.11. The maximum atomic E-state index is 13.5. The number of likely N-dealkylation sites (tertiary alicyclic amines) is 1. The number of nitrogens with zero attached hydrogens (tertiary/aromatic N) is 1. The van der Waals surface area contributed by atoms with Gasteiger partial charge in [0.25, 0.3) is 5.91 Å². The molecule has 1 fully saturated rings. The van der Waals surface area contributed by atoms with Gasteiger partial charge in [-0.2, -0.15) is 0 Å². The summed E-state index contributed by atoms with van der Waals surface area (Å²) in [6.07, 6.45) is 5.23. The minimum absolute atomic E-state index is 0.0655. The third-order valence-corrected chi connectivity index (χ3v) is 4.66. The molecule has 1 heterocycles. The van der Waals surface area contributed by atoms with Crippen LogP contribution >= 0.6 is 0 Å². The number of amides is 3. The molecule has 8 heteroatoms. The second kappa shape index (κ2) is 11.4. The highest BCUT2D eigenvalue weighted by atomic mass is 19.1. The molecule has 28 heavy (non-hydrogen) atoms. The molecular weight excluding hydrogens is 368 g/mol. The van der Waals surface area contributed by atoms with Gasteiger partial charge in [0, 0.05) is 45.1 Å². The van der Waals surface area contributed by atoms with Crippen molar-refractivity contribution in [3.8, 4) is 0 Å². The second-order valence-electron chi connectivity index (χ2n) is 6.88. The molecule has 0 radical (unpaired) electrons. The summed E-state index contributed by atoms with van der Waals surface area (Å²) in [7, 11) is 0. The van der Waals surface area contributed by atoms with Crippen LogP contribution in [0.3, 0.4) is 0 Å². The van der Waals surface area contributed by atoms with Crippen molar-refractivity contribution >= 4 is 17.7 Å². The number of hydrogen-bond acceptors (Lipinski definition) is 3. The second-order valence-corrected chi connectivity index (χ2v) is 6.88. The number of rotatable bonds is 8. The van der Waals surface area contributed by atoms with E-state index in [1.54, 1.807) is 0 Å². The molecule has 1 saturated heterocycles. The number of carbonyl (C=O) groups excluding carboxylic acids is 3. The van der Waals surface area contributed by atoms with Crippen molar-refractivity contribution in [3.05, 3.63) is 35.4 Å². The Kier molecular flexibility index (Phi) is 8.84. The summed E-state index contributed by atoms with van der Waals surface area (Å²) in [4.78, 5) is 37.6. The number of benzene rings is 1. The van der Waals surface area contributed by atoms with Gasteiger partial charge in [-0.25, -0.2) is 8.78 Å². The van der Waals surface area contributed by atoms with Gasteiger partial charge in [0.2, 0.25) is 11.8 Å². The lowest BCUT2D eigenvalue weighted by Gasteiger charge is -2.20. The molecule has 1 aliphatic rings. The van der Waals surface area contributed by atoms with E-state index in [4.69, 9.17) is 0 Å². The molecule has 2 N–H and O–H groups in total. The smallest absolute Gasteiger partial charge is 0.254 e. The lowest BCUT2D eigenvalue weighted by molar-refractivity contribution is -0.131. The van der Waals surface area contributed by atoms with Crippen molar-refractivity contribution in [3.63, 3.8) is 0 Å². The first-order chi connectivity index (χ1) is 13.5. The Morgan fingerprint density at radius 3 is 2.32 bits per heavy atom. The number of nitrogens with one attached hydrogen (secondary N) is 2. The molecule has 0 bridgehead atoms. The van der Waals surface area contributed by atoms with Gasteiger partial charge >= 0.3 is 0 Å². The lowest BCUT2D eigenvalue weighted by Crippen LogP contribution is -2.35. The molecule has 154 valence electrons. The van der Waals surface area contributed by atoms with Gasteiger partial charge in [-0.05, 0) is 31.4 Å².